The molecule has 1 N–H and O–H groups in total. The summed E-state index contributed by atoms with van der Waals surface area (Å²) in [5.74, 6) is -0.604. The van der Waals surface area contributed by atoms with Crippen LogP contribution in [-0.4, -0.2) is 38.8 Å². The van der Waals surface area contributed by atoms with Crippen LogP contribution in [0.1, 0.15) is 18.4 Å². The molecule has 4 rings (SSSR count). The molecule has 1 amide bonds. The quantitative estimate of drug-likeness (QED) is 0.589. The number of hydrogen-bond acceptors (Lipinski definition) is 4. The average molecular weight is 469 g/mol. The molecule has 8 heteroatoms. The van der Waals surface area contributed by atoms with E-state index >= 15 is 0 Å². The molecule has 0 spiro atoms. The fourth-order valence-corrected chi connectivity index (χ4v) is 5.89. The van der Waals surface area contributed by atoms with Gasteiger partial charge in [0.15, 0.2) is 0 Å². The lowest BCUT2D eigenvalue weighted by molar-refractivity contribution is -0.123. The summed E-state index contributed by atoms with van der Waals surface area (Å²) in [6.07, 6.45) is 0.511. The fourth-order valence-electron chi connectivity index (χ4n) is 4.29. The molecule has 0 aromatic heterocycles. The van der Waals surface area contributed by atoms with E-state index in [9.17, 15) is 17.6 Å². The zero-order chi connectivity index (χ0) is 23.5. The van der Waals surface area contributed by atoms with E-state index in [0.717, 1.165) is 5.56 Å². The fraction of sp³-hybridized carbons (Fsp3) is 0.240. The number of carbonyl (C=O) groups is 1. The number of anilines is 1. The second-order valence-electron chi connectivity index (χ2n) is 7.94. The van der Waals surface area contributed by atoms with Gasteiger partial charge in [-0.3, -0.25) is 4.79 Å². The number of carbonyl (C=O) groups excluding carboxylic acids is 1. The van der Waals surface area contributed by atoms with Crippen LogP contribution in [-0.2, 0) is 20.2 Å². The van der Waals surface area contributed by atoms with Crippen LogP contribution in [0.25, 0.3) is 0 Å². The molecule has 0 atom stereocenters. The van der Waals surface area contributed by atoms with Crippen LogP contribution in [0.3, 0.4) is 0 Å². The molecular weight excluding hydrogens is 443 g/mol. The van der Waals surface area contributed by atoms with Crippen LogP contribution >= 0.6 is 0 Å². The Kier molecular flexibility index (Phi) is 6.49. The molecule has 0 aliphatic carbocycles. The Morgan fingerprint density at radius 2 is 1.55 bits per heavy atom. The summed E-state index contributed by atoms with van der Waals surface area (Å²) in [7, 11) is -2.38. The second kappa shape index (κ2) is 9.33. The number of ether oxygens (including phenoxy) is 1. The lowest BCUT2D eigenvalue weighted by atomic mass is 9.72. The first-order valence-corrected chi connectivity index (χ1v) is 12.1. The van der Waals surface area contributed by atoms with Gasteiger partial charge in [-0.2, -0.15) is 4.31 Å². The molecule has 1 fully saturated rings. The van der Waals surface area contributed by atoms with Gasteiger partial charge in [0.1, 0.15) is 16.5 Å². The summed E-state index contributed by atoms with van der Waals surface area (Å²) in [6.45, 7) is 0.278. The predicted molar refractivity (Wildman–Crippen MR) is 124 cm³/mol. The van der Waals surface area contributed by atoms with Crippen LogP contribution in [0, 0.1) is 5.82 Å². The first-order valence-electron chi connectivity index (χ1n) is 10.6. The van der Waals surface area contributed by atoms with Gasteiger partial charge in [0, 0.05) is 13.1 Å². The topological polar surface area (TPSA) is 75.7 Å². The highest BCUT2D eigenvalue weighted by Crippen LogP contribution is 2.39. The molecule has 172 valence electrons. The molecule has 3 aromatic rings. The minimum absolute atomic E-state index is 0.0931. The predicted octanol–water partition coefficient (Wildman–Crippen LogP) is 4.20. The summed E-state index contributed by atoms with van der Waals surface area (Å²) in [6, 6.07) is 21.7. The highest BCUT2D eigenvalue weighted by molar-refractivity contribution is 7.89. The number of hydrogen-bond donors (Lipinski definition) is 1. The SMILES string of the molecule is COc1ccccc1S(=O)(=O)N1CCC(C(=O)Nc2ccccc2F)(c2ccccc2)CC1. The molecule has 1 aliphatic rings. The van der Waals surface area contributed by atoms with Gasteiger partial charge >= 0.3 is 0 Å². The van der Waals surface area contributed by atoms with Gasteiger partial charge in [-0.05, 0) is 42.7 Å². The number of para-hydroxylation sites is 2. The number of nitrogens with zero attached hydrogens (tertiary/aromatic N) is 1. The largest absolute Gasteiger partial charge is 0.495 e. The highest BCUT2D eigenvalue weighted by Gasteiger charge is 2.45. The summed E-state index contributed by atoms with van der Waals surface area (Å²) in [5, 5.41) is 2.72. The number of piperidine rings is 1. The van der Waals surface area contributed by atoms with Crippen LogP contribution < -0.4 is 10.1 Å². The molecule has 1 saturated heterocycles. The van der Waals surface area contributed by atoms with Gasteiger partial charge in [-0.15, -0.1) is 0 Å². The van der Waals surface area contributed by atoms with E-state index in [1.807, 2.05) is 30.3 Å². The molecule has 33 heavy (non-hydrogen) atoms. The van der Waals surface area contributed by atoms with E-state index in [-0.39, 0.29) is 48.2 Å². The van der Waals surface area contributed by atoms with E-state index in [4.69, 9.17) is 4.74 Å². The number of methoxy groups -OCH3 is 1. The van der Waals surface area contributed by atoms with Gasteiger partial charge in [0.2, 0.25) is 15.9 Å². The molecule has 1 heterocycles. The average Bonchev–Trinajstić information content (AvgIpc) is 2.86. The molecule has 6 nitrogen and oxygen atoms in total. The third kappa shape index (κ3) is 4.36. The van der Waals surface area contributed by atoms with Gasteiger partial charge in [0.25, 0.3) is 0 Å². The van der Waals surface area contributed by atoms with Crippen molar-refractivity contribution >= 4 is 21.6 Å². The van der Waals surface area contributed by atoms with Crippen LogP contribution in [0.4, 0.5) is 10.1 Å². The van der Waals surface area contributed by atoms with Crippen molar-refractivity contribution in [3.05, 3.63) is 90.2 Å². The summed E-state index contributed by atoms with van der Waals surface area (Å²) in [5.41, 5.74) is -0.119. The number of nitrogens with one attached hydrogen (secondary N) is 1. The minimum atomic E-state index is -3.81. The Hall–Kier alpha value is -3.23. The number of rotatable bonds is 6. The smallest absolute Gasteiger partial charge is 0.246 e. The normalized spacial score (nSPS) is 16.2. The van der Waals surface area contributed by atoms with Crippen molar-refractivity contribution in [2.45, 2.75) is 23.2 Å². The number of halogens is 1. The van der Waals surface area contributed by atoms with Crippen LogP contribution in [0.5, 0.6) is 5.75 Å². The van der Waals surface area contributed by atoms with Crippen LogP contribution in [0.15, 0.2) is 83.8 Å². The van der Waals surface area contributed by atoms with Crippen molar-refractivity contribution in [1.82, 2.24) is 4.31 Å². The van der Waals surface area contributed by atoms with Crippen molar-refractivity contribution < 1.29 is 22.3 Å². The zero-order valence-electron chi connectivity index (χ0n) is 18.2. The van der Waals surface area contributed by atoms with E-state index in [0.29, 0.717) is 0 Å². The summed E-state index contributed by atoms with van der Waals surface area (Å²) in [4.78, 5) is 13.6. The first-order chi connectivity index (χ1) is 15.9. The second-order valence-corrected chi connectivity index (χ2v) is 9.84. The van der Waals surface area contributed by atoms with Crippen molar-refractivity contribution in [3.63, 3.8) is 0 Å². The Bertz CT molecular complexity index is 1240. The number of amides is 1. The molecule has 0 bridgehead atoms. The lowest BCUT2D eigenvalue weighted by Gasteiger charge is -2.40. The third-order valence-corrected chi connectivity index (χ3v) is 8.08. The molecule has 0 unspecified atom stereocenters. The third-order valence-electron chi connectivity index (χ3n) is 6.15. The molecule has 3 aromatic carbocycles. The van der Waals surface area contributed by atoms with Gasteiger partial charge < -0.3 is 10.1 Å². The maximum atomic E-state index is 14.2. The maximum absolute atomic E-state index is 14.2. The Labute approximate surface area is 193 Å². The summed E-state index contributed by atoms with van der Waals surface area (Å²) >= 11 is 0. The first kappa shape index (κ1) is 22.9. The van der Waals surface area contributed by atoms with E-state index in [2.05, 4.69) is 5.32 Å². The van der Waals surface area contributed by atoms with Gasteiger partial charge in [0.05, 0.1) is 18.2 Å². The summed E-state index contributed by atoms with van der Waals surface area (Å²) < 4.78 is 47.5. The van der Waals surface area contributed by atoms with Crippen molar-refractivity contribution in [1.29, 1.82) is 0 Å². The molecule has 0 radical (unpaired) electrons. The van der Waals surface area contributed by atoms with E-state index < -0.39 is 21.3 Å². The monoisotopic (exact) mass is 468 g/mol. The molecule has 1 aliphatic heterocycles. The highest BCUT2D eigenvalue weighted by atomic mass is 32.2. The van der Waals surface area contributed by atoms with Crippen molar-refractivity contribution in [2.75, 3.05) is 25.5 Å². The standard InChI is InChI=1S/C25H25FN2O4S/c1-32-22-13-7-8-14-23(22)33(30,31)28-17-15-25(16-18-28,19-9-3-2-4-10-19)24(29)27-21-12-6-5-11-20(21)26/h2-14H,15-18H2,1H3,(H,27,29). The van der Waals surface area contributed by atoms with Crippen molar-refractivity contribution in [2.24, 2.45) is 0 Å². The maximum Gasteiger partial charge on any atom is 0.246 e. The van der Waals surface area contributed by atoms with Crippen molar-refractivity contribution in [3.8, 4) is 5.75 Å². The molecule has 0 saturated carbocycles. The van der Waals surface area contributed by atoms with E-state index in [1.165, 1.54) is 29.6 Å². The van der Waals surface area contributed by atoms with E-state index in [1.54, 1.807) is 30.3 Å². The van der Waals surface area contributed by atoms with Gasteiger partial charge in [-0.1, -0.05) is 54.6 Å². The number of benzene rings is 3. The lowest BCUT2D eigenvalue weighted by Crippen LogP contribution is -2.51. The zero-order valence-corrected chi connectivity index (χ0v) is 19.0. The Morgan fingerprint density at radius 3 is 2.21 bits per heavy atom. The Morgan fingerprint density at radius 1 is 0.939 bits per heavy atom. The minimum Gasteiger partial charge on any atom is -0.495 e. The number of sulfonamides is 1. The van der Waals surface area contributed by atoms with Gasteiger partial charge in [-0.25, -0.2) is 12.8 Å². The Balaban J connectivity index is 1.64. The van der Waals surface area contributed by atoms with Crippen LogP contribution in [0.2, 0.25) is 0 Å². The molecular formula is C25H25FN2O4S.